The number of hydrogen-bond donors (Lipinski definition) is 1. The molecule has 1 saturated heterocycles. The maximum atomic E-state index is 12.8. The minimum atomic E-state index is -0.590. The van der Waals surface area contributed by atoms with E-state index in [4.69, 9.17) is 0 Å². The minimum absolute atomic E-state index is 0.00778. The van der Waals surface area contributed by atoms with Crippen LogP contribution in [0.15, 0.2) is 0 Å². The number of carbonyl (C=O) groups is 2. The van der Waals surface area contributed by atoms with Crippen LogP contribution in [0.2, 0.25) is 0 Å². The molecule has 2 amide bonds. The van der Waals surface area contributed by atoms with Gasteiger partial charge in [0.15, 0.2) is 0 Å². The molecule has 4 heteroatoms. The number of rotatable bonds is 3. The van der Waals surface area contributed by atoms with Crippen LogP contribution >= 0.6 is 0 Å². The second-order valence-corrected chi connectivity index (χ2v) is 6.91. The smallest absolute Gasteiger partial charge is 0.249 e. The van der Waals surface area contributed by atoms with E-state index in [-0.39, 0.29) is 23.3 Å². The molecule has 1 aliphatic carbocycles. The van der Waals surface area contributed by atoms with Crippen molar-refractivity contribution in [2.45, 2.75) is 71.4 Å². The van der Waals surface area contributed by atoms with Gasteiger partial charge in [0.2, 0.25) is 11.8 Å². The van der Waals surface area contributed by atoms with Gasteiger partial charge >= 0.3 is 0 Å². The highest BCUT2D eigenvalue weighted by molar-refractivity contribution is 5.99. The van der Waals surface area contributed by atoms with Crippen molar-refractivity contribution in [3.05, 3.63) is 0 Å². The first-order chi connectivity index (χ1) is 8.81. The summed E-state index contributed by atoms with van der Waals surface area (Å²) in [5.41, 5.74) is -0.533. The fourth-order valence-electron chi connectivity index (χ4n) is 3.09. The lowest BCUT2D eigenvalue weighted by molar-refractivity contribution is -0.155. The van der Waals surface area contributed by atoms with Gasteiger partial charge in [-0.05, 0) is 31.6 Å². The maximum absolute atomic E-state index is 12.8. The quantitative estimate of drug-likeness (QED) is 0.850. The lowest BCUT2D eigenvalue weighted by Crippen LogP contribution is -2.69. The van der Waals surface area contributed by atoms with E-state index in [1.165, 1.54) is 0 Å². The molecule has 2 fully saturated rings. The molecule has 19 heavy (non-hydrogen) atoms. The van der Waals surface area contributed by atoms with Gasteiger partial charge in [-0.25, -0.2) is 0 Å². The van der Waals surface area contributed by atoms with E-state index in [1.807, 2.05) is 11.8 Å². The largest absolute Gasteiger partial charge is 0.340 e. The second kappa shape index (κ2) is 4.80. The van der Waals surface area contributed by atoms with Gasteiger partial charge < -0.3 is 10.2 Å². The molecule has 0 aromatic rings. The van der Waals surface area contributed by atoms with E-state index in [0.29, 0.717) is 6.54 Å². The predicted molar refractivity (Wildman–Crippen MR) is 74.6 cm³/mol. The zero-order valence-corrected chi connectivity index (χ0v) is 12.6. The normalized spacial score (nSPS) is 26.9. The van der Waals surface area contributed by atoms with Crippen LogP contribution in [-0.4, -0.2) is 34.8 Å². The van der Waals surface area contributed by atoms with Crippen LogP contribution < -0.4 is 5.32 Å². The molecule has 0 radical (unpaired) electrons. The van der Waals surface area contributed by atoms with Gasteiger partial charge in [0.1, 0.15) is 11.6 Å². The molecule has 0 aromatic carbocycles. The lowest BCUT2D eigenvalue weighted by atomic mass is 9.85. The lowest BCUT2D eigenvalue weighted by Gasteiger charge is -2.45. The van der Waals surface area contributed by atoms with Gasteiger partial charge in [-0.3, -0.25) is 9.59 Å². The molecular weight excluding hydrogens is 240 g/mol. The van der Waals surface area contributed by atoms with Gasteiger partial charge in [-0.15, -0.1) is 0 Å². The number of carbonyl (C=O) groups excluding carboxylic acids is 2. The van der Waals surface area contributed by atoms with Gasteiger partial charge in [0.05, 0.1) is 0 Å². The Morgan fingerprint density at radius 3 is 2.42 bits per heavy atom. The van der Waals surface area contributed by atoms with E-state index in [9.17, 15) is 9.59 Å². The van der Waals surface area contributed by atoms with Gasteiger partial charge in [0, 0.05) is 6.54 Å². The molecule has 1 unspecified atom stereocenters. The zero-order valence-electron chi connectivity index (χ0n) is 12.6. The Kier molecular flexibility index (Phi) is 3.63. The number of amides is 2. The van der Waals surface area contributed by atoms with Crippen LogP contribution in [0.4, 0.5) is 0 Å². The molecule has 0 bridgehead atoms. The Morgan fingerprint density at radius 2 is 1.89 bits per heavy atom. The van der Waals surface area contributed by atoms with E-state index in [1.54, 1.807) is 0 Å². The van der Waals surface area contributed by atoms with Crippen LogP contribution in [0.25, 0.3) is 0 Å². The molecule has 108 valence electrons. The molecule has 1 spiro atoms. The third kappa shape index (κ3) is 2.49. The molecule has 1 atom stereocenters. The summed E-state index contributed by atoms with van der Waals surface area (Å²) >= 11 is 0. The fraction of sp³-hybridized carbons (Fsp3) is 0.867. The average Bonchev–Trinajstić information content (AvgIpc) is 2.82. The highest BCUT2D eigenvalue weighted by atomic mass is 16.2. The Bertz CT molecular complexity index is 384. The van der Waals surface area contributed by atoms with Crippen LogP contribution in [-0.2, 0) is 9.59 Å². The van der Waals surface area contributed by atoms with E-state index >= 15 is 0 Å². The minimum Gasteiger partial charge on any atom is -0.340 e. The summed E-state index contributed by atoms with van der Waals surface area (Å²) < 4.78 is 0. The van der Waals surface area contributed by atoms with Crippen LogP contribution in [0, 0.1) is 5.41 Å². The highest BCUT2D eigenvalue weighted by Crippen LogP contribution is 2.36. The van der Waals surface area contributed by atoms with Crippen molar-refractivity contribution in [2.75, 3.05) is 6.54 Å². The molecule has 1 saturated carbocycles. The topological polar surface area (TPSA) is 49.4 Å². The monoisotopic (exact) mass is 266 g/mol. The Morgan fingerprint density at radius 1 is 1.32 bits per heavy atom. The van der Waals surface area contributed by atoms with Crippen LogP contribution in [0.5, 0.6) is 0 Å². The second-order valence-electron chi connectivity index (χ2n) is 6.91. The van der Waals surface area contributed by atoms with E-state index in [2.05, 4.69) is 26.1 Å². The van der Waals surface area contributed by atoms with E-state index in [0.717, 1.165) is 32.1 Å². The Balaban J connectivity index is 2.24. The van der Waals surface area contributed by atoms with Gasteiger partial charge in [0.25, 0.3) is 0 Å². The number of hydrogen-bond acceptors (Lipinski definition) is 2. The van der Waals surface area contributed by atoms with Gasteiger partial charge in [-0.1, -0.05) is 33.6 Å². The van der Waals surface area contributed by atoms with Crippen molar-refractivity contribution < 1.29 is 9.59 Å². The molecule has 2 aliphatic rings. The average molecular weight is 266 g/mol. The molecular formula is C15H26N2O2. The summed E-state index contributed by atoms with van der Waals surface area (Å²) in [7, 11) is 0. The summed E-state index contributed by atoms with van der Waals surface area (Å²) in [4.78, 5) is 26.8. The van der Waals surface area contributed by atoms with Crippen molar-refractivity contribution in [2.24, 2.45) is 5.41 Å². The van der Waals surface area contributed by atoms with Crippen molar-refractivity contribution in [1.29, 1.82) is 0 Å². The predicted octanol–water partition coefficient (Wildman–Crippen LogP) is 2.08. The molecule has 1 heterocycles. The van der Waals surface area contributed by atoms with E-state index < -0.39 is 5.54 Å². The number of nitrogens with one attached hydrogen (secondary N) is 1. The summed E-state index contributed by atoms with van der Waals surface area (Å²) in [6.45, 7) is 8.94. The highest BCUT2D eigenvalue weighted by Gasteiger charge is 2.51. The number of piperazine rings is 1. The van der Waals surface area contributed by atoms with Crippen molar-refractivity contribution >= 4 is 11.8 Å². The summed E-state index contributed by atoms with van der Waals surface area (Å²) in [5.74, 6) is 0.145. The van der Waals surface area contributed by atoms with Gasteiger partial charge in [-0.2, -0.15) is 0 Å². The zero-order chi connectivity index (χ0) is 14.3. The summed E-state index contributed by atoms with van der Waals surface area (Å²) in [6, 6.07) is -0.343. The van der Waals surface area contributed by atoms with Crippen LogP contribution in [0.1, 0.15) is 59.8 Å². The third-order valence-electron chi connectivity index (χ3n) is 4.89. The SMILES string of the molecule is CCC(C)(C)CN1C(=O)C2(CCCC2)NC(=O)C1C. The van der Waals surface area contributed by atoms with Crippen molar-refractivity contribution in [3.63, 3.8) is 0 Å². The summed E-state index contributed by atoms with van der Waals surface area (Å²) in [5, 5.41) is 2.99. The number of nitrogens with zero attached hydrogens (tertiary/aromatic N) is 1. The Hall–Kier alpha value is -1.06. The first-order valence-electron chi connectivity index (χ1n) is 7.44. The third-order valence-corrected chi connectivity index (χ3v) is 4.89. The van der Waals surface area contributed by atoms with Crippen molar-refractivity contribution in [3.8, 4) is 0 Å². The molecule has 2 rings (SSSR count). The molecule has 1 N–H and O–H groups in total. The molecule has 4 nitrogen and oxygen atoms in total. The first-order valence-corrected chi connectivity index (χ1v) is 7.44. The summed E-state index contributed by atoms with van der Waals surface area (Å²) in [6.07, 6.45) is 4.66. The first kappa shape index (κ1) is 14.4. The standard InChI is InChI=1S/C15H26N2O2/c1-5-14(3,4)10-17-11(2)12(18)16-15(13(17)19)8-6-7-9-15/h11H,5-10H2,1-4H3,(H,16,18). The maximum Gasteiger partial charge on any atom is 0.249 e. The van der Waals surface area contributed by atoms with Crippen LogP contribution in [0.3, 0.4) is 0 Å². The molecule has 1 aliphatic heterocycles. The van der Waals surface area contributed by atoms with Crippen molar-refractivity contribution in [1.82, 2.24) is 10.2 Å². The fourth-order valence-corrected chi connectivity index (χ4v) is 3.09. The molecule has 0 aromatic heterocycles. The Labute approximate surface area is 115 Å².